The van der Waals surface area contributed by atoms with E-state index >= 15 is 0 Å². The third kappa shape index (κ3) is 2.94. The molecule has 0 saturated carbocycles. The van der Waals surface area contributed by atoms with Crippen LogP contribution in [0.3, 0.4) is 0 Å². The van der Waals surface area contributed by atoms with Crippen LogP contribution in [0.1, 0.15) is 22.8 Å². The molecule has 0 fully saturated rings. The minimum Gasteiger partial charge on any atom is -0.497 e. The standard InChI is InChI=1S/C16H16O3/c1-3-19-15-11-13(18-2)9-10-14(15)16(17)12-7-5-4-6-8-12/h4-11H,3H2,1-2H3. The summed E-state index contributed by atoms with van der Waals surface area (Å²) in [5.41, 5.74) is 1.20. The highest BCUT2D eigenvalue weighted by atomic mass is 16.5. The van der Waals surface area contributed by atoms with Crippen LogP contribution in [0, 0.1) is 0 Å². The maximum Gasteiger partial charge on any atom is 0.196 e. The molecule has 0 amide bonds. The normalized spacial score (nSPS) is 10.0. The van der Waals surface area contributed by atoms with Crippen molar-refractivity contribution in [2.24, 2.45) is 0 Å². The molecule has 2 rings (SSSR count). The summed E-state index contributed by atoms with van der Waals surface area (Å²) in [6.07, 6.45) is 0. The van der Waals surface area contributed by atoms with Crippen molar-refractivity contribution >= 4 is 5.78 Å². The van der Waals surface area contributed by atoms with Gasteiger partial charge in [0.2, 0.25) is 0 Å². The molecule has 3 heteroatoms. The highest BCUT2D eigenvalue weighted by Crippen LogP contribution is 2.27. The zero-order chi connectivity index (χ0) is 13.7. The zero-order valence-corrected chi connectivity index (χ0v) is 11.1. The molecule has 3 nitrogen and oxygen atoms in total. The molecule has 0 bridgehead atoms. The fourth-order valence-electron chi connectivity index (χ4n) is 1.84. The van der Waals surface area contributed by atoms with Crippen molar-refractivity contribution in [2.75, 3.05) is 13.7 Å². The van der Waals surface area contributed by atoms with Crippen molar-refractivity contribution in [3.05, 3.63) is 59.7 Å². The maximum atomic E-state index is 12.4. The van der Waals surface area contributed by atoms with E-state index in [9.17, 15) is 4.79 Å². The minimum absolute atomic E-state index is 0.0493. The van der Waals surface area contributed by atoms with Crippen molar-refractivity contribution in [1.29, 1.82) is 0 Å². The number of ether oxygens (including phenoxy) is 2. The van der Waals surface area contributed by atoms with Crippen molar-refractivity contribution < 1.29 is 14.3 Å². The third-order valence-electron chi connectivity index (χ3n) is 2.77. The van der Waals surface area contributed by atoms with E-state index < -0.39 is 0 Å². The molecule has 2 aromatic rings. The first-order chi connectivity index (χ1) is 9.26. The van der Waals surface area contributed by atoms with Gasteiger partial charge in [0, 0.05) is 11.6 Å². The van der Waals surface area contributed by atoms with Gasteiger partial charge in [-0.2, -0.15) is 0 Å². The van der Waals surface area contributed by atoms with Gasteiger partial charge in [0.15, 0.2) is 5.78 Å². The summed E-state index contributed by atoms with van der Waals surface area (Å²) in [7, 11) is 1.59. The molecule has 0 spiro atoms. The van der Waals surface area contributed by atoms with Crippen LogP contribution in [-0.4, -0.2) is 19.5 Å². The van der Waals surface area contributed by atoms with E-state index in [1.807, 2.05) is 25.1 Å². The highest BCUT2D eigenvalue weighted by molar-refractivity contribution is 6.10. The Kier molecular flexibility index (Phi) is 4.18. The monoisotopic (exact) mass is 256 g/mol. The van der Waals surface area contributed by atoms with Gasteiger partial charge in [-0.1, -0.05) is 30.3 Å². The number of hydrogen-bond acceptors (Lipinski definition) is 3. The van der Waals surface area contributed by atoms with Gasteiger partial charge in [0.25, 0.3) is 0 Å². The Morgan fingerprint density at radius 1 is 1.11 bits per heavy atom. The van der Waals surface area contributed by atoms with E-state index in [2.05, 4.69) is 0 Å². The quantitative estimate of drug-likeness (QED) is 0.770. The van der Waals surface area contributed by atoms with Crippen molar-refractivity contribution in [3.8, 4) is 11.5 Å². The Bertz CT molecular complexity index is 561. The van der Waals surface area contributed by atoms with Crippen LogP contribution >= 0.6 is 0 Å². The summed E-state index contributed by atoms with van der Waals surface area (Å²) >= 11 is 0. The van der Waals surface area contributed by atoms with E-state index in [0.717, 1.165) is 0 Å². The lowest BCUT2D eigenvalue weighted by molar-refractivity contribution is 0.103. The summed E-state index contributed by atoms with van der Waals surface area (Å²) in [5, 5.41) is 0. The van der Waals surface area contributed by atoms with Crippen LogP contribution in [0.15, 0.2) is 48.5 Å². The molecule has 0 aromatic heterocycles. The summed E-state index contributed by atoms with van der Waals surface area (Å²) < 4.78 is 10.7. The molecule has 0 aliphatic heterocycles. The van der Waals surface area contributed by atoms with Crippen molar-refractivity contribution in [1.82, 2.24) is 0 Å². The second kappa shape index (κ2) is 6.05. The molecule has 0 saturated heterocycles. The second-order valence-electron chi connectivity index (χ2n) is 3.99. The summed E-state index contributed by atoms with van der Waals surface area (Å²) in [6.45, 7) is 2.39. The molecule has 0 radical (unpaired) electrons. The molecule has 2 aromatic carbocycles. The summed E-state index contributed by atoms with van der Waals surface area (Å²) in [6, 6.07) is 14.4. The van der Waals surface area contributed by atoms with E-state index in [4.69, 9.17) is 9.47 Å². The first kappa shape index (κ1) is 13.1. The van der Waals surface area contributed by atoms with Gasteiger partial charge >= 0.3 is 0 Å². The van der Waals surface area contributed by atoms with Crippen LogP contribution in [0.5, 0.6) is 11.5 Å². The lowest BCUT2D eigenvalue weighted by Crippen LogP contribution is -2.05. The fourth-order valence-corrected chi connectivity index (χ4v) is 1.84. The van der Waals surface area contributed by atoms with E-state index in [1.54, 1.807) is 37.4 Å². The van der Waals surface area contributed by atoms with Crippen LogP contribution in [0.4, 0.5) is 0 Å². The predicted molar refractivity (Wildman–Crippen MR) is 74.0 cm³/mol. The molecule has 0 aliphatic rings. The van der Waals surface area contributed by atoms with Gasteiger partial charge in [-0.25, -0.2) is 0 Å². The van der Waals surface area contributed by atoms with Crippen molar-refractivity contribution in [2.45, 2.75) is 6.92 Å². The fraction of sp³-hybridized carbons (Fsp3) is 0.188. The van der Waals surface area contributed by atoms with E-state index in [-0.39, 0.29) is 5.78 Å². The molecule has 0 heterocycles. The van der Waals surface area contributed by atoms with Gasteiger partial charge in [0.05, 0.1) is 19.3 Å². The third-order valence-corrected chi connectivity index (χ3v) is 2.77. The topological polar surface area (TPSA) is 35.5 Å². The Hall–Kier alpha value is -2.29. The van der Waals surface area contributed by atoms with Crippen LogP contribution in [-0.2, 0) is 0 Å². The van der Waals surface area contributed by atoms with Crippen LogP contribution < -0.4 is 9.47 Å². The first-order valence-electron chi connectivity index (χ1n) is 6.17. The molecule has 19 heavy (non-hydrogen) atoms. The SMILES string of the molecule is CCOc1cc(OC)ccc1C(=O)c1ccccc1. The number of rotatable bonds is 5. The number of benzene rings is 2. The number of hydrogen-bond donors (Lipinski definition) is 0. The number of methoxy groups -OCH3 is 1. The lowest BCUT2D eigenvalue weighted by atomic mass is 10.0. The van der Waals surface area contributed by atoms with Gasteiger partial charge < -0.3 is 9.47 Å². The van der Waals surface area contributed by atoms with Crippen molar-refractivity contribution in [3.63, 3.8) is 0 Å². The largest absolute Gasteiger partial charge is 0.497 e. The molecule has 0 unspecified atom stereocenters. The minimum atomic E-state index is -0.0493. The molecule has 0 aliphatic carbocycles. The predicted octanol–water partition coefficient (Wildman–Crippen LogP) is 3.32. The summed E-state index contributed by atoms with van der Waals surface area (Å²) in [4.78, 5) is 12.4. The number of ketones is 1. The van der Waals surface area contributed by atoms with Gasteiger partial charge in [-0.05, 0) is 19.1 Å². The van der Waals surface area contributed by atoms with E-state index in [0.29, 0.717) is 29.2 Å². The average molecular weight is 256 g/mol. The molecule has 98 valence electrons. The first-order valence-corrected chi connectivity index (χ1v) is 6.17. The van der Waals surface area contributed by atoms with E-state index in [1.165, 1.54) is 0 Å². The molecular formula is C16H16O3. The van der Waals surface area contributed by atoms with Gasteiger partial charge in [0.1, 0.15) is 11.5 Å². The van der Waals surface area contributed by atoms with Crippen LogP contribution in [0.2, 0.25) is 0 Å². The Morgan fingerprint density at radius 2 is 1.84 bits per heavy atom. The smallest absolute Gasteiger partial charge is 0.196 e. The Morgan fingerprint density at radius 3 is 2.47 bits per heavy atom. The van der Waals surface area contributed by atoms with Gasteiger partial charge in [-0.15, -0.1) is 0 Å². The Balaban J connectivity index is 2.41. The average Bonchev–Trinajstić information content (AvgIpc) is 2.47. The maximum absolute atomic E-state index is 12.4. The summed E-state index contributed by atoms with van der Waals surface area (Å²) in [5.74, 6) is 1.18. The van der Waals surface area contributed by atoms with Gasteiger partial charge in [-0.3, -0.25) is 4.79 Å². The number of carbonyl (C=O) groups is 1. The number of carbonyl (C=O) groups excluding carboxylic acids is 1. The molecular weight excluding hydrogens is 240 g/mol. The molecule has 0 atom stereocenters. The second-order valence-corrected chi connectivity index (χ2v) is 3.99. The van der Waals surface area contributed by atoms with Crippen LogP contribution in [0.25, 0.3) is 0 Å². The molecule has 0 N–H and O–H groups in total. The highest BCUT2D eigenvalue weighted by Gasteiger charge is 2.15. The Labute approximate surface area is 112 Å². The lowest BCUT2D eigenvalue weighted by Gasteiger charge is -2.11. The zero-order valence-electron chi connectivity index (χ0n) is 11.1.